The van der Waals surface area contributed by atoms with Crippen LogP contribution in [0.15, 0.2) is 82.2 Å². The Morgan fingerprint density at radius 3 is 2.31 bits per heavy atom. The number of nitriles is 1. The van der Waals surface area contributed by atoms with Crippen molar-refractivity contribution in [3.8, 4) is 6.07 Å². The molecule has 0 bridgehead atoms. The Labute approximate surface area is 208 Å². The van der Waals surface area contributed by atoms with Crippen molar-refractivity contribution in [2.45, 2.75) is 29.7 Å². The molecule has 0 spiro atoms. The van der Waals surface area contributed by atoms with Crippen LogP contribution in [0, 0.1) is 11.3 Å². The van der Waals surface area contributed by atoms with Crippen molar-refractivity contribution in [3.05, 3.63) is 82.8 Å². The third-order valence-electron chi connectivity index (χ3n) is 5.90. The minimum Gasteiger partial charge on any atom is -0.466 e. The Balaban J connectivity index is 1.98. The first kappa shape index (κ1) is 25.0. The van der Waals surface area contributed by atoms with Crippen LogP contribution in [0.1, 0.15) is 24.3 Å². The lowest BCUT2D eigenvalue weighted by Gasteiger charge is -2.36. The Kier molecular flexibility index (Phi) is 6.83. The fourth-order valence-electron chi connectivity index (χ4n) is 4.06. The van der Waals surface area contributed by atoms with E-state index in [-0.39, 0.29) is 39.3 Å². The van der Waals surface area contributed by atoms with E-state index in [1.807, 2.05) is 0 Å². The predicted molar refractivity (Wildman–Crippen MR) is 129 cm³/mol. The number of nitrogens with zero attached hydrogens (tertiary/aromatic N) is 2. The molecule has 10 nitrogen and oxygen atoms in total. The van der Waals surface area contributed by atoms with E-state index in [0.717, 1.165) is 32.0 Å². The molecular weight excluding hydrogens is 484 g/mol. The zero-order valence-corrected chi connectivity index (χ0v) is 20.4. The first-order chi connectivity index (χ1) is 17.2. The molecule has 1 atom stereocenters. The van der Waals surface area contributed by atoms with Crippen LogP contribution in [0.25, 0.3) is 0 Å². The number of esters is 2. The lowest BCUT2D eigenvalue weighted by atomic mass is 9.81. The van der Waals surface area contributed by atoms with Crippen molar-refractivity contribution in [2.24, 2.45) is 5.73 Å². The van der Waals surface area contributed by atoms with E-state index in [0.29, 0.717) is 5.56 Å². The molecule has 36 heavy (non-hydrogen) atoms. The summed E-state index contributed by atoms with van der Waals surface area (Å²) >= 11 is 0. The molecule has 11 heteroatoms. The van der Waals surface area contributed by atoms with Gasteiger partial charge >= 0.3 is 11.9 Å². The number of sulfonamides is 1. The number of carbonyl (C=O) groups excluding carboxylic acids is 2. The second kappa shape index (κ2) is 9.85. The zero-order chi connectivity index (χ0) is 26.0. The number of ether oxygens (including phenoxy) is 2. The average Bonchev–Trinajstić information content (AvgIpc) is 3.70. The minimum atomic E-state index is -3.85. The summed E-state index contributed by atoms with van der Waals surface area (Å²) in [6.07, 6.45) is 1.51. The maximum absolute atomic E-state index is 13.1. The lowest BCUT2D eigenvalue weighted by molar-refractivity contribution is -0.139. The van der Waals surface area contributed by atoms with E-state index < -0.39 is 27.9 Å². The average molecular weight is 509 g/mol. The highest BCUT2D eigenvalue weighted by atomic mass is 32.2. The fraction of sp³-hybridized carbons (Fsp3) is 0.240. The van der Waals surface area contributed by atoms with Crippen LogP contribution in [-0.4, -0.2) is 40.6 Å². The fourth-order valence-corrected chi connectivity index (χ4v) is 5.40. The van der Waals surface area contributed by atoms with Crippen LogP contribution in [0.2, 0.25) is 0 Å². The van der Waals surface area contributed by atoms with Crippen molar-refractivity contribution in [3.63, 3.8) is 0 Å². The first-order valence-electron chi connectivity index (χ1n) is 11.0. The number of nitrogens with one attached hydrogen (secondary N) is 1. The van der Waals surface area contributed by atoms with E-state index in [2.05, 4.69) is 10.8 Å². The molecule has 1 unspecified atom stereocenters. The van der Waals surface area contributed by atoms with Gasteiger partial charge < -0.3 is 15.2 Å². The number of allylic oxidation sites excluding steroid dienone is 1. The van der Waals surface area contributed by atoms with Crippen LogP contribution < -0.4 is 15.4 Å². The van der Waals surface area contributed by atoms with Crippen molar-refractivity contribution < 1.29 is 27.5 Å². The molecule has 1 saturated carbocycles. The van der Waals surface area contributed by atoms with Crippen LogP contribution in [0.4, 0.5) is 5.69 Å². The molecule has 0 saturated heterocycles. The van der Waals surface area contributed by atoms with Gasteiger partial charge in [0.25, 0.3) is 0 Å². The van der Waals surface area contributed by atoms with Gasteiger partial charge in [0.2, 0.25) is 10.0 Å². The Hall–Kier alpha value is -4.14. The first-order valence-corrected chi connectivity index (χ1v) is 12.5. The van der Waals surface area contributed by atoms with Gasteiger partial charge in [-0.1, -0.05) is 36.4 Å². The molecule has 2 aliphatic rings. The number of carbonyl (C=O) groups is 2. The van der Waals surface area contributed by atoms with Gasteiger partial charge in [-0.3, -0.25) is 4.90 Å². The van der Waals surface area contributed by atoms with Crippen LogP contribution >= 0.6 is 0 Å². The largest absolute Gasteiger partial charge is 0.466 e. The molecule has 0 aromatic heterocycles. The van der Waals surface area contributed by atoms with Gasteiger partial charge in [-0.05, 0) is 36.6 Å². The number of nitrogens with two attached hydrogens (primary N) is 1. The van der Waals surface area contributed by atoms with Crippen molar-refractivity contribution >= 4 is 27.6 Å². The predicted octanol–water partition coefficient (Wildman–Crippen LogP) is 2.03. The highest BCUT2D eigenvalue weighted by Gasteiger charge is 2.43. The maximum Gasteiger partial charge on any atom is 0.355 e. The molecule has 1 aliphatic carbocycles. The number of anilines is 1. The lowest BCUT2D eigenvalue weighted by Crippen LogP contribution is -2.40. The molecule has 0 radical (unpaired) electrons. The summed E-state index contributed by atoms with van der Waals surface area (Å²) in [5.41, 5.74) is 6.68. The highest BCUT2D eigenvalue weighted by molar-refractivity contribution is 7.89. The van der Waals surface area contributed by atoms with Gasteiger partial charge in [0, 0.05) is 11.7 Å². The Morgan fingerprint density at radius 2 is 1.72 bits per heavy atom. The number of methoxy groups -OCH3 is 2. The maximum atomic E-state index is 13.1. The second-order valence-corrected chi connectivity index (χ2v) is 9.94. The molecule has 0 amide bonds. The van der Waals surface area contributed by atoms with Crippen molar-refractivity contribution in [1.82, 2.24) is 4.72 Å². The highest BCUT2D eigenvalue weighted by Crippen LogP contribution is 2.43. The van der Waals surface area contributed by atoms with Crippen molar-refractivity contribution in [1.29, 1.82) is 5.26 Å². The Morgan fingerprint density at radius 1 is 1.06 bits per heavy atom. The number of rotatable bonds is 7. The second-order valence-electron chi connectivity index (χ2n) is 8.23. The summed E-state index contributed by atoms with van der Waals surface area (Å²) in [6, 6.07) is 16.2. The Bertz CT molecular complexity index is 1420. The van der Waals surface area contributed by atoms with E-state index >= 15 is 0 Å². The van der Waals surface area contributed by atoms with Gasteiger partial charge in [-0.2, -0.15) is 5.26 Å². The summed E-state index contributed by atoms with van der Waals surface area (Å²) in [6.45, 7) is 0. The summed E-state index contributed by atoms with van der Waals surface area (Å²) in [5, 5.41) is 10.1. The summed E-state index contributed by atoms with van der Waals surface area (Å²) in [5.74, 6) is -2.95. The topological polar surface area (TPSA) is 152 Å². The molecule has 1 heterocycles. The number of benzene rings is 2. The minimum absolute atomic E-state index is 0.0152. The molecule has 2 aromatic carbocycles. The molecule has 3 N–H and O–H groups in total. The standard InChI is InChI=1S/C25H24N4O6S/c1-34-24(30)21-20(15-7-4-3-5-8-15)19(14-26)23(27)29(22(21)25(31)35-2)17-9-6-10-18(13-17)36(32,33)28-16-11-12-16/h3-10,13,16,20,28H,11-12,27H2,1-2H3. The molecular formula is C25H24N4O6S. The zero-order valence-electron chi connectivity index (χ0n) is 19.6. The van der Waals surface area contributed by atoms with Gasteiger partial charge in [0.05, 0.1) is 42.2 Å². The molecule has 1 fully saturated rings. The summed E-state index contributed by atoms with van der Waals surface area (Å²) < 4.78 is 38.3. The molecule has 2 aromatic rings. The van der Waals surface area contributed by atoms with Crippen LogP contribution in [0.5, 0.6) is 0 Å². The molecule has 1 aliphatic heterocycles. The van der Waals surface area contributed by atoms with E-state index in [1.165, 1.54) is 24.3 Å². The molecule has 186 valence electrons. The quantitative estimate of drug-likeness (QED) is 0.535. The van der Waals surface area contributed by atoms with Crippen molar-refractivity contribution in [2.75, 3.05) is 19.1 Å². The summed E-state index contributed by atoms with van der Waals surface area (Å²) in [4.78, 5) is 27.3. The number of hydrogen-bond acceptors (Lipinski definition) is 9. The normalized spacial score (nSPS) is 18.0. The smallest absolute Gasteiger partial charge is 0.355 e. The van der Waals surface area contributed by atoms with Crippen LogP contribution in [-0.2, 0) is 29.1 Å². The third kappa shape index (κ3) is 4.56. The van der Waals surface area contributed by atoms with Gasteiger partial charge in [-0.25, -0.2) is 22.7 Å². The van der Waals surface area contributed by atoms with E-state index in [1.54, 1.807) is 30.3 Å². The van der Waals surface area contributed by atoms with Crippen LogP contribution in [0.3, 0.4) is 0 Å². The number of hydrogen-bond donors (Lipinski definition) is 2. The SMILES string of the molecule is COC(=O)C1=C(C(=O)OC)N(c2cccc(S(=O)(=O)NC3CC3)c2)C(N)=C(C#N)C1c1ccccc1. The van der Waals surface area contributed by atoms with E-state index in [4.69, 9.17) is 15.2 Å². The summed E-state index contributed by atoms with van der Waals surface area (Å²) in [7, 11) is -1.56. The monoisotopic (exact) mass is 508 g/mol. The van der Waals surface area contributed by atoms with Gasteiger partial charge in [0.15, 0.2) is 0 Å². The van der Waals surface area contributed by atoms with Gasteiger partial charge in [0.1, 0.15) is 11.5 Å². The molecule has 4 rings (SSSR count). The third-order valence-corrected chi connectivity index (χ3v) is 7.41. The van der Waals surface area contributed by atoms with Gasteiger partial charge in [-0.15, -0.1) is 0 Å². The van der Waals surface area contributed by atoms with E-state index in [9.17, 15) is 23.3 Å².